The van der Waals surface area contributed by atoms with Gasteiger partial charge in [0.1, 0.15) is 10.8 Å². The van der Waals surface area contributed by atoms with E-state index in [0.29, 0.717) is 11.6 Å². The summed E-state index contributed by atoms with van der Waals surface area (Å²) in [5.74, 6) is 1.06. The summed E-state index contributed by atoms with van der Waals surface area (Å²) in [7, 11) is 0. The van der Waals surface area contributed by atoms with Gasteiger partial charge in [0.15, 0.2) is 0 Å². The zero-order chi connectivity index (χ0) is 19.9. The Bertz CT molecular complexity index is 941. The fourth-order valence-electron chi connectivity index (χ4n) is 2.65. The summed E-state index contributed by atoms with van der Waals surface area (Å²) < 4.78 is 5.45. The van der Waals surface area contributed by atoms with Gasteiger partial charge in [-0.3, -0.25) is 4.79 Å². The van der Waals surface area contributed by atoms with Crippen molar-refractivity contribution in [1.82, 2.24) is 10.2 Å². The van der Waals surface area contributed by atoms with Crippen molar-refractivity contribution in [3.63, 3.8) is 0 Å². The van der Waals surface area contributed by atoms with E-state index in [-0.39, 0.29) is 11.7 Å². The normalized spacial score (nSPS) is 10.5. The lowest BCUT2D eigenvalue weighted by Gasteiger charge is -2.10. The fourth-order valence-corrected chi connectivity index (χ4v) is 3.27. The van der Waals surface area contributed by atoms with Crippen LogP contribution in [0.2, 0.25) is 0 Å². The molecule has 0 aliphatic heterocycles. The van der Waals surface area contributed by atoms with E-state index in [9.17, 15) is 4.79 Å². The first kappa shape index (κ1) is 19.9. The molecule has 3 aromatic rings. The lowest BCUT2D eigenvalue weighted by atomic mass is 10.1. The van der Waals surface area contributed by atoms with Crippen LogP contribution in [-0.4, -0.2) is 28.5 Å². The maximum atomic E-state index is 12.2. The van der Waals surface area contributed by atoms with Gasteiger partial charge in [0, 0.05) is 11.3 Å². The quantitative estimate of drug-likeness (QED) is 0.579. The monoisotopic (exact) mass is 393 g/mol. The van der Waals surface area contributed by atoms with E-state index in [4.69, 9.17) is 4.74 Å². The van der Waals surface area contributed by atoms with E-state index in [0.717, 1.165) is 33.8 Å². The Morgan fingerprint density at radius 3 is 2.50 bits per heavy atom. The van der Waals surface area contributed by atoms with Gasteiger partial charge in [0.05, 0.1) is 18.1 Å². The predicted molar refractivity (Wildman–Crippen MR) is 114 cm³/mol. The molecular formula is C22H23N3O2S. The second-order valence-corrected chi connectivity index (χ2v) is 7.29. The number of aryl methyl sites for hydroxylation is 1. The van der Waals surface area contributed by atoms with Crippen LogP contribution in [0.25, 0.3) is 11.3 Å². The highest BCUT2D eigenvalue weighted by molar-refractivity contribution is 7.99. The van der Waals surface area contributed by atoms with Crippen molar-refractivity contribution < 1.29 is 9.53 Å². The smallest absolute Gasteiger partial charge is 0.234 e. The maximum Gasteiger partial charge on any atom is 0.234 e. The van der Waals surface area contributed by atoms with Crippen LogP contribution >= 0.6 is 11.8 Å². The van der Waals surface area contributed by atoms with Gasteiger partial charge in [-0.25, -0.2) is 0 Å². The molecule has 144 valence electrons. The highest BCUT2D eigenvalue weighted by Crippen LogP contribution is 2.23. The van der Waals surface area contributed by atoms with Crippen LogP contribution in [0.5, 0.6) is 5.75 Å². The molecule has 1 amide bonds. The molecule has 0 unspecified atom stereocenters. The Labute approximate surface area is 169 Å². The van der Waals surface area contributed by atoms with Gasteiger partial charge in [0.2, 0.25) is 5.91 Å². The lowest BCUT2D eigenvalue weighted by molar-refractivity contribution is -0.113. The molecule has 6 heteroatoms. The van der Waals surface area contributed by atoms with E-state index in [1.807, 2.05) is 75.4 Å². The van der Waals surface area contributed by atoms with Crippen molar-refractivity contribution in [2.75, 3.05) is 17.7 Å². The molecule has 1 N–H and O–H groups in total. The number of nitrogens with zero attached hydrogens (tertiary/aromatic N) is 2. The van der Waals surface area contributed by atoms with Gasteiger partial charge in [-0.1, -0.05) is 23.9 Å². The van der Waals surface area contributed by atoms with E-state index in [1.165, 1.54) is 11.8 Å². The Morgan fingerprint density at radius 2 is 1.82 bits per heavy atom. The molecule has 0 saturated carbocycles. The summed E-state index contributed by atoms with van der Waals surface area (Å²) in [4.78, 5) is 12.2. The van der Waals surface area contributed by atoms with E-state index in [2.05, 4.69) is 15.5 Å². The highest BCUT2D eigenvalue weighted by Gasteiger charge is 2.08. The van der Waals surface area contributed by atoms with E-state index >= 15 is 0 Å². The van der Waals surface area contributed by atoms with Gasteiger partial charge < -0.3 is 10.1 Å². The van der Waals surface area contributed by atoms with Crippen molar-refractivity contribution in [2.24, 2.45) is 0 Å². The van der Waals surface area contributed by atoms with Crippen LogP contribution < -0.4 is 10.1 Å². The minimum absolute atomic E-state index is 0.0592. The van der Waals surface area contributed by atoms with Gasteiger partial charge in [-0.2, -0.15) is 0 Å². The number of anilines is 1. The minimum atomic E-state index is -0.0592. The van der Waals surface area contributed by atoms with E-state index < -0.39 is 0 Å². The first-order valence-electron chi connectivity index (χ1n) is 9.12. The molecule has 0 atom stereocenters. The van der Waals surface area contributed by atoms with Crippen molar-refractivity contribution in [1.29, 1.82) is 0 Å². The number of carbonyl (C=O) groups excluding carboxylic acids is 1. The fraction of sp³-hybridized carbons (Fsp3) is 0.227. The average Bonchev–Trinajstić information content (AvgIpc) is 2.71. The van der Waals surface area contributed by atoms with Crippen LogP contribution in [0, 0.1) is 13.8 Å². The molecule has 0 saturated heterocycles. The largest absolute Gasteiger partial charge is 0.494 e. The molecule has 0 aliphatic rings. The Kier molecular flexibility index (Phi) is 6.66. The maximum absolute atomic E-state index is 12.2. The predicted octanol–water partition coefficient (Wildman–Crippen LogP) is 4.89. The molecule has 1 heterocycles. The van der Waals surface area contributed by atoms with Crippen LogP contribution in [0.4, 0.5) is 5.69 Å². The molecule has 0 spiro atoms. The second kappa shape index (κ2) is 9.37. The summed E-state index contributed by atoms with van der Waals surface area (Å²) >= 11 is 1.37. The summed E-state index contributed by atoms with van der Waals surface area (Å²) in [5.41, 5.74) is 4.84. The molecular weight excluding hydrogens is 370 g/mol. The van der Waals surface area contributed by atoms with Crippen LogP contribution in [0.15, 0.2) is 59.6 Å². The highest BCUT2D eigenvalue weighted by atomic mass is 32.2. The van der Waals surface area contributed by atoms with E-state index in [1.54, 1.807) is 0 Å². The van der Waals surface area contributed by atoms with Crippen molar-refractivity contribution >= 4 is 23.4 Å². The van der Waals surface area contributed by atoms with Gasteiger partial charge >= 0.3 is 0 Å². The van der Waals surface area contributed by atoms with Crippen LogP contribution in [0.1, 0.15) is 18.1 Å². The Hall–Kier alpha value is -2.86. The number of carbonyl (C=O) groups is 1. The molecule has 1 aromatic heterocycles. The van der Waals surface area contributed by atoms with Gasteiger partial charge in [-0.05, 0) is 74.4 Å². The summed E-state index contributed by atoms with van der Waals surface area (Å²) in [6, 6.07) is 17.4. The Balaban J connectivity index is 1.56. The summed E-state index contributed by atoms with van der Waals surface area (Å²) in [6.07, 6.45) is 0. The third-order valence-corrected chi connectivity index (χ3v) is 5.25. The number of rotatable bonds is 7. The zero-order valence-electron chi connectivity index (χ0n) is 16.2. The second-order valence-electron chi connectivity index (χ2n) is 6.30. The van der Waals surface area contributed by atoms with Crippen molar-refractivity contribution in [3.05, 3.63) is 65.7 Å². The van der Waals surface area contributed by atoms with Crippen molar-refractivity contribution in [3.8, 4) is 17.0 Å². The Morgan fingerprint density at radius 1 is 1.04 bits per heavy atom. The number of amides is 1. The third kappa shape index (κ3) is 5.10. The number of benzene rings is 2. The minimum Gasteiger partial charge on any atom is -0.494 e. The standard InChI is InChI=1S/C22H23N3O2S/c1-4-27-18-10-8-17(9-11-18)20-12-13-22(25-24-20)28-14-21(26)23-19-7-5-6-15(2)16(19)3/h5-13H,4,14H2,1-3H3,(H,23,26). The number of hydrogen-bond acceptors (Lipinski definition) is 5. The average molecular weight is 394 g/mol. The molecule has 28 heavy (non-hydrogen) atoms. The molecule has 0 fully saturated rings. The number of hydrogen-bond donors (Lipinski definition) is 1. The number of ether oxygens (including phenoxy) is 1. The molecule has 3 rings (SSSR count). The first-order valence-corrected chi connectivity index (χ1v) is 10.1. The first-order chi connectivity index (χ1) is 13.6. The zero-order valence-corrected chi connectivity index (χ0v) is 17.0. The van der Waals surface area contributed by atoms with Gasteiger partial charge in [-0.15, -0.1) is 10.2 Å². The number of aromatic nitrogens is 2. The molecule has 2 aromatic carbocycles. The third-order valence-electron chi connectivity index (χ3n) is 4.33. The molecule has 0 radical (unpaired) electrons. The van der Waals surface area contributed by atoms with Gasteiger partial charge in [0.25, 0.3) is 0 Å². The SMILES string of the molecule is CCOc1ccc(-c2ccc(SCC(=O)Nc3cccc(C)c3C)nn2)cc1. The number of nitrogens with one attached hydrogen (secondary N) is 1. The molecule has 0 aliphatic carbocycles. The summed E-state index contributed by atoms with van der Waals surface area (Å²) in [6.45, 7) is 6.63. The van der Waals surface area contributed by atoms with Crippen molar-refractivity contribution in [2.45, 2.75) is 25.8 Å². The molecule has 5 nitrogen and oxygen atoms in total. The number of thioether (sulfide) groups is 1. The topological polar surface area (TPSA) is 64.1 Å². The van der Waals surface area contributed by atoms with Crippen LogP contribution in [-0.2, 0) is 4.79 Å². The van der Waals surface area contributed by atoms with Crippen LogP contribution in [0.3, 0.4) is 0 Å². The molecule has 0 bridgehead atoms. The summed E-state index contributed by atoms with van der Waals surface area (Å²) in [5, 5.41) is 12.2. The lowest BCUT2D eigenvalue weighted by Crippen LogP contribution is -2.15.